The Morgan fingerprint density at radius 2 is 2.06 bits per heavy atom. The van der Waals surface area contributed by atoms with Crippen molar-refractivity contribution in [3.63, 3.8) is 0 Å². The first-order chi connectivity index (χ1) is 7.63. The number of benzene rings is 1. The molecule has 0 aliphatic rings. The number of rotatable bonds is 2. The van der Waals surface area contributed by atoms with Gasteiger partial charge in [0.15, 0.2) is 0 Å². The molecule has 16 heavy (non-hydrogen) atoms. The maximum absolute atomic E-state index is 13.3. The minimum Gasteiger partial charge on any atom is -0.361 e. The Kier molecular flexibility index (Phi) is 2.77. The van der Waals surface area contributed by atoms with Crippen LogP contribution in [-0.2, 0) is 6.42 Å². The van der Waals surface area contributed by atoms with Crippen LogP contribution in [-0.4, -0.2) is 5.16 Å². The summed E-state index contributed by atoms with van der Waals surface area (Å²) in [7, 11) is 0. The number of nitrogens with zero attached hydrogens (tertiary/aromatic N) is 1. The Labute approximate surface area is 94.1 Å². The van der Waals surface area contributed by atoms with E-state index in [1.807, 2.05) is 19.9 Å². The van der Waals surface area contributed by atoms with Gasteiger partial charge in [0.2, 0.25) is 0 Å². The third kappa shape index (κ3) is 1.73. The Bertz CT molecular complexity index is 497. The van der Waals surface area contributed by atoms with Gasteiger partial charge in [-0.1, -0.05) is 18.1 Å². The second-order valence-electron chi connectivity index (χ2n) is 3.85. The molecule has 2 nitrogen and oxygen atoms in total. The lowest BCUT2D eigenvalue weighted by Gasteiger charge is -2.07. The van der Waals surface area contributed by atoms with Gasteiger partial charge in [0.05, 0.1) is 5.69 Å². The van der Waals surface area contributed by atoms with E-state index < -0.39 is 0 Å². The first-order valence-electron chi connectivity index (χ1n) is 5.35. The van der Waals surface area contributed by atoms with E-state index in [0.717, 1.165) is 34.6 Å². The maximum Gasteiger partial charge on any atom is 0.141 e. The summed E-state index contributed by atoms with van der Waals surface area (Å²) in [6.45, 7) is 5.77. The van der Waals surface area contributed by atoms with Gasteiger partial charge in [-0.25, -0.2) is 4.39 Å². The SMILES string of the molecule is CCc1ccc(F)cc1-c1c(C)noc1C. The van der Waals surface area contributed by atoms with E-state index in [1.165, 1.54) is 6.07 Å². The topological polar surface area (TPSA) is 26.0 Å². The third-order valence-corrected chi connectivity index (χ3v) is 2.76. The zero-order chi connectivity index (χ0) is 11.7. The van der Waals surface area contributed by atoms with Crippen LogP contribution in [0.3, 0.4) is 0 Å². The molecular weight excluding hydrogens is 205 g/mol. The van der Waals surface area contributed by atoms with Crippen LogP contribution in [0.15, 0.2) is 22.7 Å². The Morgan fingerprint density at radius 1 is 1.31 bits per heavy atom. The molecule has 84 valence electrons. The van der Waals surface area contributed by atoms with Gasteiger partial charge in [0.25, 0.3) is 0 Å². The van der Waals surface area contributed by atoms with Gasteiger partial charge < -0.3 is 4.52 Å². The lowest BCUT2D eigenvalue weighted by atomic mass is 9.97. The summed E-state index contributed by atoms with van der Waals surface area (Å²) in [5.74, 6) is 0.505. The molecule has 0 aliphatic carbocycles. The average molecular weight is 219 g/mol. The number of halogens is 1. The van der Waals surface area contributed by atoms with Crippen LogP contribution in [0.4, 0.5) is 4.39 Å². The highest BCUT2D eigenvalue weighted by Gasteiger charge is 2.14. The molecule has 1 heterocycles. The molecule has 1 aromatic heterocycles. The van der Waals surface area contributed by atoms with Crippen LogP contribution in [0.5, 0.6) is 0 Å². The smallest absolute Gasteiger partial charge is 0.141 e. The van der Waals surface area contributed by atoms with Gasteiger partial charge in [0, 0.05) is 5.56 Å². The minimum atomic E-state index is -0.229. The highest BCUT2D eigenvalue weighted by molar-refractivity contribution is 5.71. The van der Waals surface area contributed by atoms with E-state index in [-0.39, 0.29) is 5.82 Å². The molecule has 3 heteroatoms. The molecular formula is C13H14FNO. The molecule has 0 bridgehead atoms. The van der Waals surface area contributed by atoms with Crippen LogP contribution in [0, 0.1) is 19.7 Å². The summed E-state index contributed by atoms with van der Waals surface area (Å²) >= 11 is 0. The first-order valence-corrected chi connectivity index (χ1v) is 5.35. The van der Waals surface area contributed by atoms with Crippen molar-refractivity contribution in [2.75, 3.05) is 0 Å². The van der Waals surface area contributed by atoms with Crippen LogP contribution >= 0.6 is 0 Å². The van der Waals surface area contributed by atoms with E-state index in [0.29, 0.717) is 0 Å². The summed E-state index contributed by atoms with van der Waals surface area (Å²) in [6.07, 6.45) is 0.861. The van der Waals surface area contributed by atoms with Gasteiger partial charge in [-0.05, 0) is 43.5 Å². The molecule has 0 fully saturated rings. The molecule has 0 unspecified atom stereocenters. The van der Waals surface area contributed by atoms with Gasteiger partial charge in [-0.2, -0.15) is 0 Å². The number of hydrogen-bond donors (Lipinski definition) is 0. The summed E-state index contributed by atoms with van der Waals surface area (Å²) < 4.78 is 18.4. The largest absolute Gasteiger partial charge is 0.361 e. The van der Waals surface area contributed by atoms with Crippen molar-refractivity contribution in [3.8, 4) is 11.1 Å². The van der Waals surface area contributed by atoms with Gasteiger partial charge >= 0.3 is 0 Å². The molecule has 2 aromatic rings. The molecule has 2 rings (SSSR count). The van der Waals surface area contributed by atoms with Crippen LogP contribution in [0.2, 0.25) is 0 Å². The molecule has 0 amide bonds. The van der Waals surface area contributed by atoms with Crippen molar-refractivity contribution in [3.05, 3.63) is 41.0 Å². The van der Waals surface area contributed by atoms with Gasteiger partial charge in [-0.3, -0.25) is 0 Å². The molecule has 0 N–H and O–H groups in total. The predicted octanol–water partition coefficient (Wildman–Crippen LogP) is 3.66. The normalized spacial score (nSPS) is 10.8. The van der Waals surface area contributed by atoms with Crippen molar-refractivity contribution in [2.45, 2.75) is 27.2 Å². The van der Waals surface area contributed by atoms with Crippen LogP contribution in [0.1, 0.15) is 23.9 Å². The van der Waals surface area contributed by atoms with Crippen LogP contribution < -0.4 is 0 Å². The van der Waals surface area contributed by atoms with E-state index >= 15 is 0 Å². The monoisotopic (exact) mass is 219 g/mol. The number of aryl methyl sites for hydroxylation is 3. The fourth-order valence-corrected chi connectivity index (χ4v) is 1.96. The maximum atomic E-state index is 13.3. The van der Waals surface area contributed by atoms with Crippen molar-refractivity contribution < 1.29 is 8.91 Å². The molecule has 0 saturated carbocycles. The van der Waals surface area contributed by atoms with Gasteiger partial charge in [0.1, 0.15) is 11.6 Å². The fourth-order valence-electron chi connectivity index (χ4n) is 1.96. The van der Waals surface area contributed by atoms with Gasteiger partial charge in [-0.15, -0.1) is 0 Å². The zero-order valence-corrected chi connectivity index (χ0v) is 9.67. The molecule has 0 atom stereocenters. The molecule has 0 aliphatic heterocycles. The molecule has 0 spiro atoms. The van der Waals surface area contributed by atoms with E-state index in [2.05, 4.69) is 12.1 Å². The summed E-state index contributed by atoms with van der Waals surface area (Å²) in [6, 6.07) is 4.85. The van der Waals surface area contributed by atoms with Crippen molar-refractivity contribution in [1.29, 1.82) is 0 Å². The first kappa shape index (κ1) is 10.9. The summed E-state index contributed by atoms with van der Waals surface area (Å²) in [4.78, 5) is 0. The zero-order valence-electron chi connectivity index (χ0n) is 9.67. The molecule has 0 saturated heterocycles. The summed E-state index contributed by atoms with van der Waals surface area (Å²) in [5.41, 5.74) is 3.71. The Morgan fingerprint density at radius 3 is 2.62 bits per heavy atom. The number of hydrogen-bond acceptors (Lipinski definition) is 2. The fraction of sp³-hybridized carbons (Fsp3) is 0.308. The van der Waals surface area contributed by atoms with E-state index in [1.54, 1.807) is 6.07 Å². The number of aromatic nitrogens is 1. The Hall–Kier alpha value is -1.64. The summed E-state index contributed by atoms with van der Waals surface area (Å²) in [5, 5.41) is 3.90. The van der Waals surface area contributed by atoms with Crippen molar-refractivity contribution in [2.24, 2.45) is 0 Å². The standard InChI is InChI=1S/C13H14FNO/c1-4-10-5-6-11(14)7-12(10)13-8(2)15-16-9(13)3/h5-7H,4H2,1-3H3. The lowest BCUT2D eigenvalue weighted by Crippen LogP contribution is -1.91. The second kappa shape index (κ2) is 4.08. The highest BCUT2D eigenvalue weighted by Crippen LogP contribution is 2.30. The Balaban J connectivity index is 2.67. The minimum absolute atomic E-state index is 0.229. The lowest BCUT2D eigenvalue weighted by molar-refractivity contribution is 0.393. The third-order valence-electron chi connectivity index (χ3n) is 2.76. The van der Waals surface area contributed by atoms with Crippen molar-refractivity contribution >= 4 is 0 Å². The predicted molar refractivity (Wildman–Crippen MR) is 60.7 cm³/mol. The average Bonchev–Trinajstić information content (AvgIpc) is 2.58. The second-order valence-corrected chi connectivity index (χ2v) is 3.85. The van der Waals surface area contributed by atoms with E-state index in [9.17, 15) is 4.39 Å². The molecule has 1 aromatic carbocycles. The van der Waals surface area contributed by atoms with Crippen LogP contribution in [0.25, 0.3) is 11.1 Å². The molecule has 0 radical (unpaired) electrons. The van der Waals surface area contributed by atoms with E-state index in [4.69, 9.17) is 4.52 Å². The van der Waals surface area contributed by atoms with Crippen molar-refractivity contribution in [1.82, 2.24) is 5.16 Å². The highest BCUT2D eigenvalue weighted by atomic mass is 19.1. The quantitative estimate of drug-likeness (QED) is 0.770.